The third kappa shape index (κ3) is 5.43. The minimum atomic E-state index is -4.74. The lowest BCUT2D eigenvalue weighted by molar-refractivity contribution is -0.160. The van der Waals surface area contributed by atoms with Crippen molar-refractivity contribution in [1.82, 2.24) is 4.98 Å². The summed E-state index contributed by atoms with van der Waals surface area (Å²) in [6.45, 7) is 1.95. The highest BCUT2D eigenvalue weighted by Gasteiger charge is 2.40. The van der Waals surface area contributed by atoms with E-state index in [1.54, 1.807) is 6.92 Å². The quantitative estimate of drug-likeness (QED) is 0.407. The van der Waals surface area contributed by atoms with Crippen molar-refractivity contribution in [2.45, 2.75) is 18.7 Å². The molecule has 0 bridgehead atoms. The Kier molecular flexibility index (Phi) is 6.63. The Morgan fingerprint density at radius 1 is 1.06 bits per heavy atom. The van der Waals surface area contributed by atoms with E-state index in [-0.39, 0.29) is 36.1 Å². The molecule has 1 aromatic heterocycles. The zero-order chi connectivity index (χ0) is 26.1. The van der Waals surface area contributed by atoms with Crippen molar-refractivity contribution in [3.63, 3.8) is 0 Å². The molecule has 0 aliphatic carbocycles. The molecular formula is C24H21F4N3O5. The molecule has 0 spiro atoms. The fourth-order valence-corrected chi connectivity index (χ4v) is 3.49. The molecule has 2 amide bonds. The van der Waals surface area contributed by atoms with Gasteiger partial charge in [0.05, 0.1) is 31.6 Å². The van der Waals surface area contributed by atoms with Gasteiger partial charge < -0.3 is 29.8 Å². The molecule has 1 aliphatic heterocycles. The van der Waals surface area contributed by atoms with Gasteiger partial charge in [-0.15, -0.1) is 0 Å². The number of carbonyl (C=O) groups excluding carboxylic acids is 1. The van der Waals surface area contributed by atoms with Crippen molar-refractivity contribution in [2.24, 2.45) is 0 Å². The zero-order valence-corrected chi connectivity index (χ0v) is 19.1. The highest BCUT2D eigenvalue weighted by Crippen LogP contribution is 2.40. The molecule has 0 radical (unpaired) electrons. The largest absolute Gasteiger partial charge is 0.491 e. The van der Waals surface area contributed by atoms with E-state index in [2.05, 4.69) is 15.6 Å². The van der Waals surface area contributed by atoms with Gasteiger partial charge in [0.15, 0.2) is 11.4 Å². The topological polar surface area (TPSA) is 102 Å². The van der Waals surface area contributed by atoms with E-state index in [9.17, 15) is 27.2 Å². The fraction of sp³-hybridized carbons (Fsp3) is 0.250. The summed E-state index contributed by atoms with van der Waals surface area (Å²) >= 11 is 0. The van der Waals surface area contributed by atoms with Crippen molar-refractivity contribution in [2.75, 3.05) is 31.0 Å². The van der Waals surface area contributed by atoms with Crippen LogP contribution in [0.25, 0.3) is 11.1 Å². The van der Waals surface area contributed by atoms with Crippen LogP contribution in [0, 0.1) is 5.82 Å². The van der Waals surface area contributed by atoms with Crippen LogP contribution in [0.5, 0.6) is 11.5 Å². The number of hydrogen-bond donors (Lipinski definition) is 3. The van der Waals surface area contributed by atoms with Gasteiger partial charge in [-0.05, 0) is 48.9 Å². The number of halogens is 4. The first-order valence-corrected chi connectivity index (χ1v) is 10.6. The number of rotatable bonds is 6. The number of urea groups is 1. The Balaban J connectivity index is 1.49. The maximum atomic E-state index is 14.6. The van der Waals surface area contributed by atoms with Crippen molar-refractivity contribution in [3.05, 3.63) is 70.4 Å². The third-order valence-electron chi connectivity index (χ3n) is 5.35. The Labute approximate surface area is 202 Å². The smallest absolute Gasteiger partial charge is 0.420 e. The number of alkyl halides is 3. The van der Waals surface area contributed by atoms with Crippen LogP contribution in [0.4, 0.5) is 33.7 Å². The molecule has 2 aromatic carbocycles. The SMILES string of the molecule is COc1cc(-c2ccc(NC(=O)Nc3ccc(OC4(C)COC4)c(C(F)(F)F)c3)c(F)c2)c[nH]c1=O. The Morgan fingerprint density at radius 3 is 2.42 bits per heavy atom. The number of carbonyl (C=O) groups is 1. The molecule has 36 heavy (non-hydrogen) atoms. The van der Waals surface area contributed by atoms with Crippen LogP contribution >= 0.6 is 0 Å². The van der Waals surface area contributed by atoms with Gasteiger partial charge in [-0.2, -0.15) is 13.2 Å². The molecular weight excluding hydrogens is 486 g/mol. The summed E-state index contributed by atoms with van der Waals surface area (Å²) in [7, 11) is 1.32. The molecule has 12 heteroatoms. The standard InChI is InChI=1S/C24H21F4N3O5/c1-23(11-35-12-23)36-19-6-4-15(9-16(19)24(26,27)28)30-22(33)31-18-5-3-13(7-17(18)25)14-8-20(34-2)21(32)29-10-14/h3-10H,11-12H2,1-2H3,(H,29,32)(H2,30,31,33). The second-order valence-electron chi connectivity index (χ2n) is 8.31. The lowest BCUT2D eigenvalue weighted by Gasteiger charge is -2.38. The van der Waals surface area contributed by atoms with Gasteiger partial charge in [-0.3, -0.25) is 4.79 Å². The average Bonchev–Trinajstić information content (AvgIpc) is 2.80. The molecule has 0 unspecified atom stereocenters. The lowest BCUT2D eigenvalue weighted by atomic mass is 10.0. The van der Waals surface area contributed by atoms with Crippen molar-refractivity contribution in [1.29, 1.82) is 0 Å². The van der Waals surface area contributed by atoms with Crippen LogP contribution in [0.3, 0.4) is 0 Å². The van der Waals surface area contributed by atoms with Gasteiger partial charge in [0.25, 0.3) is 5.56 Å². The lowest BCUT2D eigenvalue weighted by Crippen LogP contribution is -2.51. The molecule has 1 fully saturated rings. The van der Waals surface area contributed by atoms with Gasteiger partial charge in [0, 0.05) is 17.4 Å². The minimum Gasteiger partial charge on any atom is -0.491 e. The van der Waals surface area contributed by atoms with Crippen LogP contribution in [0.2, 0.25) is 0 Å². The first-order chi connectivity index (χ1) is 17.0. The van der Waals surface area contributed by atoms with Gasteiger partial charge in [0.2, 0.25) is 0 Å². The van der Waals surface area contributed by atoms with Crippen molar-refractivity contribution < 1.29 is 36.6 Å². The Hall–Kier alpha value is -4.06. The average molecular weight is 507 g/mol. The van der Waals surface area contributed by atoms with Crippen LogP contribution in [0.1, 0.15) is 12.5 Å². The number of ether oxygens (including phenoxy) is 3. The Bertz CT molecular complexity index is 1350. The van der Waals surface area contributed by atoms with Crippen molar-refractivity contribution >= 4 is 17.4 Å². The summed E-state index contributed by atoms with van der Waals surface area (Å²) < 4.78 is 70.9. The summed E-state index contributed by atoms with van der Waals surface area (Å²) in [5.41, 5.74) is -1.90. The van der Waals surface area contributed by atoms with Gasteiger partial charge in [0.1, 0.15) is 11.6 Å². The zero-order valence-electron chi connectivity index (χ0n) is 19.1. The molecule has 3 N–H and O–H groups in total. The first-order valence-electron chi connectivity index (χ1n) is 10.6. The van der Waals surface area contributed by atoms with Crippen LogP contribution in [-0.4, -0.2) is 36.9 Å². The molecule has 4 rings (SSSR count). The Morgan fingerprint density at radius 2 is 1.81 bits per heavy atom. The number of aromatic nitrogens is 1. The molecule has 0 atom stereocenters. The molecule has 190 valence electrons. The second kappa shape index (κ2) is 9.53. The summed E-state index contributed by atoms with van der Waals surface area (Å²) in [5.74, 6) is -1.15. The normalized spacial score (nSPS) is 14.5. The highest BCUT2D eigenvalue weighted by atomic mass is 19.4. The van der Waals surface area contributed by atoms with Crippen LogP contribution in [-0.2, 0) is 10.9 Å². The van der Waals surface area contributed by atoms with Gasteiger partial charge in [-0.25, -0.2) is 9.18 Å². The minimum absolute atomic E-state index is 0.0410. The van der Waals surface area contributed by atoms with E-state index in [1.165, 1.54) is 37.6 Å². The van der Waals surface area contributed by atoms with Crippen LogP contribution < -0.4 is 25.7 Å². The molecule has 3 aromatic rings. The van der Waals surface area contributed by atoms with E-state index < -0.39 is 34.7 Å². The number of benzene rings is 2. The molecule has 1 saturated heterocycles. The summed E-state index contributed by atoms with van der Waals surface area (Å²) in [5, 5.41) is 4.52. The number of pyridine rings is 1. The van der Waals surface area contributed by atoms with Gasteiger partial charge in [-0.1, -0.05) is 6.07 Å². The summed E-state index contributed by atoms with van der Waals surface area (Å²) in [6, 6.07) is 7.46. The number of aromatic amines is 1. The maximum absolute atomic E-state index is 14.6. The number of amides is 2. The van der Waals surface area contributed by atoms with E-state index in [4.69, 9.17) is 14.2 Å². The summed E-state index contributed by atoms with van der Waals surface area (Å²) in [6.07, 6.45) is -3.36. The maximum Gasteiger partial charge on any atom is 0.420 e. The first kappa shape index (κ1) is 25.0. The number of anilines is 2. The van der Waals surface area contributed by atoms with E-state index in [0.29, 0.717) is 11.1 Å². The second-order valence-corrected chi connectivity index (χ2v) is 8.31. The van der Waals surface area contributed by atoms with Crippen molar-refractivity contribution in [3.8, 4) is 22.6 Å². The molecule has 2 heterocycles. The fourth-order valence-electron chi connectivity index (χ4n) is 3.49. The van der Waals surface area contributed by atoms with E-state index >= 15 is 0 Å². The highest BCUT2D eigenvalue weighted by molar-refractivity contribution is 6.00. The van der Waals surface area contributed by atoms with E-state index in [1.807, 2.05) is 0 Å². The third-order valence-corrected chi connectivity index (χ3v) is 5.35. The number of nitrogens with one attached hydrogen (secondary N) is 3. The monoisotopic (exact) mass is 507 g/mol. The van der Waals surface area contributed by atoms with Crippen LogP contribution in [0.15, 0.2) is 53.5 Å². The molecule has 0 saturated carbocycles. The predicted molar refractivity (Wildman–Crippen MR) is 123 cm³/mol. The summed E-state index contributed by atoms with van der Waals surface area (Å²) in [4.78, 5) is 26.5. The van der Waals surface area contributed by atoms with E-state index in [0.717, 1.165) is 18.2 Å². The molecule has 8 nitrogen and oxygen atoms in total. The predicted octanol–water partition coefficient (Wildman–Crippen LogP) is 5.02. The molecule has 1 aliphatic rings. The number of H-pyrrole nitrogens is 1. The van der Waals surface area contributed by atoms with Gasteiger partial charge >= 0.3 is 12.2 Å². The number of hydrogen-bond acceptors (Lipinski definition) is 5. The number of methoxy groups -OCH3 is 1.